The highest BCUT2D eigenvalue weighted by molar-refractivity contribution is 5.76. The van der Waals surface area contributed by atoms with Gasteiger partial charge in [0.05, 0.1) is 0 Å². The number of ether oxygens (including phenoxy) is 3. The summed E-state index contributed by atoms with van der Waals surface area (Å²) in [6, 6.07) is 12.7. The lowest BCUT2D eigenvalue weighted by Crippen LogP contribution is -2.35. The lowest BCUT2D eigenvalue weighted by molar-refractivity contribution is -0.121. The Balaban J connectivity index is 1.36. The van der Waals surface area contributed by atoms with Crippen LogP contribution in [0.15, 0.2) is 42.5 Å². The SMILES string of the molecule is Nc1ccccc1CCC(=O)NCC(O)COc1ccc2c(c1)OCO2. The van der Waals surface area contributed by atoms with E-state index in [1.165, 1.54) is 0 Å². The van der Waals surface area contributed by atoms with Crippen LogP contribution in [-0.2, 0) is 11.2 Å². The molecule has 0 bridgehead atoms. The van der Waals surface area contributed by atoms with Gasteiger partial charge in [-0.15, -0.1) is 0 Å². The third-order valence-corrected chi connectivity index (χ3v) is 4.00. The van der Waals surface area contributed by atoms with Crippen molar-refractivity contribution in [1.29, 1.82) is 0 Å². The second kappa shape index (κ2) is 8.44. The predicted molar refractivity (Wildman–Crippen MR) is 96.3 cm³/mol. The summed E-state index contributed by atoms with van der Waals surface area (Å²) >= 11 is 0. The number of aliphatic hydroxyl groups excluding tert-OH is 1. The summed E-state index contributed by atoms with van der Waals surface area (Å²) in [6.45, 7) is 0.376. The number of nitrogen functional groups attached to an aromatic ring is 1. The van der Waals surface area contributed by atoms with Crippen LogP contribution < -0.4 is 25.3 Å². The molecule has 0 saturated heterocycles. The molecular weight excluding hydrogens is 336 g/mol. The Morgan fingerprint density at radius 1 is 1.23 bits per heavy atom. The highest BCUT2D eigenvalue weighted by atomic mass is 16.7. The van der Waals surface area contributed by atoms with Crippen molar-refractivity contribution in [3.05, 3.63) is 48.0 Å². The molecule has 1 aliphatic heterocycles. The molecule has 0 aliphatic carbocycles. The van der Waals surface area contributed by atoms with E-state index in [4.69, 9.17) is 19.9 Å². The van der Waals surface area contributed by atoms with Crippen LogP contribution in [0.2, 0.25) is 0 Å². The molecule has 2 aromatic rings. The monoisotopic (exact) mass is 358 g/mol. The third kappa shape index (κ3) is 4.80. The molecule has 7 heteroatoms. The number of nitrogens with one attached hydrogen (secondary N) is 1. The van der Waals surface area contributed by atoms with Crippen LogP contribution in [-0.4, -0.2) is 37.1 Å². The van der Waals surface area contributed by atoms with Crippen LogP contribution in [0.4, 0.5) is 5.69 Å². The normalized spacial score (nSPS) is 13.3. The van der Waals surface area contributed by atoms with Crippen molar-refractivity contribution >= 4 is 11.6 Å². The summed E-state index contributed by atoms with van der Waals surface area (Å²) in [5.41, 5.74) is 7.47. The van der Waals surface area contributed by atoms with E-state index in [1.807, 2.05) is 24.3 Å². The number of para-hydroxylation sites is 1. The number of carbonyl (C=O) groups is 1. The number of hydrogen-bond acceptors (Lipinski definition) is 6. The highest BCUT2D eigenvalue weighted by Crippen LogP contribution is 2.35. The molecule has 0 fully saturated rings. The van der Waals surface area contributed by atoms with Gasteiger partial charge >= 0.3 is 0 Å². The zero-order valence-corrected chi connectivity index (χ0v) is 14.3. The highest BCUT2D eigenvalue weighted by Gasteiger charge is 2.14. The van der Waals surface area contributed by atoms with Gasteiger partial charge in [-0.3, -0.25) is 4.79 Å². The van der Waals surface area contributed by atoms with E-state index in [2.05, 4.69) is 5.32 Å². The molecule has 1 amide bonds. The van der Waals surface area contributed by atoms with Crippen molar-refractivity contribution < 1.29 is 24.1 Å². The third-order valence-electron chi connectivity index (χ3n) is 4.00. The van der Waals surface area contributed by atoms with Crippen molar-refractivity contribution in [1.82, 2.24) is 5.32 Å². The van der Waals surface area contributed by atoms with Gasteiger partial charge in [-0.25, -0.2) is 0 Å². The maximum absolute atomic E-state index is 11.9. The summed E-state index contributed by atoms with van der Waals surface area (Å²) in [5.74, 6) is 1.71. The Kier molecular flexibility index (Phi) is 5.80. The predicted octanol–water partition coefficient (Wildman–Crippen LogP) is 1.49. The van der Waals surface area contributed by atoms with Crippen LogP contribution in [0.1, 0.15) is 12.0 Å². The van der Waals surface area contributed by atoms with Crippen molar-refractivity contribution in [3.63, 3.8) is 0 Å². The van der Waals surface area contributed by atoms with Crippen molar-refractivity contribution in [2.24, 2.45) is 0 Å². The molecular formula is C19H22N2O5. The fraction of sp³-hybridized carbons (Fsp3) is 0.316. The fourth-order valence-electron chi connectivity index (χ4n) is 2.55. The number of carbonyl (C=O) groups excluding carboxylic acids is 1. The minimum absolute atomic E-state index is 0.0611. The topological polar surface area (TPSA) is 103 Å². The quantitative estimate of drug-likeness (QED) is 0.618. The molecule has 1 aliphatic rings. The summed E-state index contributed by atoms with van der Waals surface area (Å²) < 4.78 is 16.0. The Labute approximate surface area is 151 Å². The van der Waals surface area contributed by atoms with Gasteiger partial charge < -0.3 is 30.4 Å². The number of fused-ring (bicyclic) bond motifs is 1. The summed E-state index contributed by atoms with van der Waals surface area (Å²) in [5, 5.41) is 12.7. The van der Waals surface area contributed by atoms with Gasteiger partial charge in [0.15, 0.2) is 11.5 Å². The molecule has 7 nitrogen and oxygen atoms in total. The smallest absolute Gasteiger partial charge is 0.231 e. The summed E-state index contributed by atoms with van der Waals surface area (Å²) in [7, 11) is 0. The van der Waals surface area contributed by atoms with Gasteiger partial charge in [0.1, 0.15) is 18.5 Å². The molecule has 1 unspecified atom stereocenters. The Morgan fingerprint density at radius 3 is 2.88 bits per heavy atom. The van der Waals surface area contributed by atoms with Crippen LogP contribution in [0, 0.1) is 0 Å². The second-order valence-corrected chi connectivity index (χ2v) is 5.98. The molecule has 26 heavy (non-hydrogen) atoms. The number of rotatable bonds is 8. The van der Waals surface area contributed by atoms with E-state index in [0.717, 1.165) is 5.56 Å². The van der Waals surface area contributed by atoms with Crippen LogP contribution in [0.25, 0.3) is 0 Å². The van der Waals surface area contributed by atoms with Crippen LogP contribution >= 0.6 is 0 Å². The van der Waals surface area contributed by atoms with E-state index in [0.29, 0.717) is 35.8 Å². The summed E-state index contributed by atoms with van der Waals surface area (Å²) in [6.07, 6.45) is 0.0536. The lowest BCUT2D eigenvalue weighted by atomic mass is 10.1. The number of hydrogen-bond donors (Lipinski definition) is 3. The average molecular weight is 358 g/mol. The van der Waals surface area contributed by atoms with Crippen molar-refractivity contribution in [2.45, 2.75) is 18.9 Å². The van der Waals surface area contributed by atoms with Crippen LogP contribution in [0.3, 0.4) is 0 Å². The molecule has 138 valence electrons. The zero-order chi connectivity index (χ0) is 18.4. The first-order valence-electron chi connectivity index (χ1n) is 8.42. The van der Waals surface area contributed by atoms with Crippen molar-refractivity contribution in [3.8, 4) is 17.2 Å². The van der Waals surface area contributed by atoms with Gasteiger partial charge in [-0.05, 0) is 30.2 Å². The fourth-order valence-corrected chi connectivity index (χ4v) is 2.55. The van der Waals surface area contributed by atoms with Crippen LogP contribution in [0.5, 0.6) is 17.2 Å². The number of amides is 1. The van der Waals surface area contributed by atoms with Gasteiger partial charge in [0, 0.05) is 24.7 Å². The number of benzene rings is 2. The number of anilines is 1. The van der Waals surface area contributed by atoms with E-state index < -0.39 is 6.10 Å². The number of aryl methyl sites for hydroxylation is 1. The number of aliphatic hydroxyl groups is 1. The molecule has 0 radical (unpaired) electrons. The standard InChI is InChI=1S/C19H22N2O5/c20-16-4-2-1-3-13(16)5-8-19(23)21-10-14(22)11-24-15-6-7-17-18(9-15)26-12-25-17/h1-4,6-7,9,14,22H,5,8,10-12,20H2,(H,21,23). The Morgan fingerprint density at radius 2 is 2.04 bits per heavy atom. The van der Waals surface area contributed by atoms with Crippen molar-refractivity contribution in [2.75, 3.05) is 25.7 Å². The van der Waals surface area contributed by atoms with Gasteiger partial charge in [0.2, 0.25) is 12.7 Å². The van der Waals surface area contributed by atoms with E-state index in [1.54, 1.807) is 18.2 Å². The number of nitrogens with two attached hydrogens (primary N) is 1. The first-order valence-corrected chi connectivity index (χ1v) is 8.42. The zero-order valence-electron chi connectivity index (χ0n) is 14.3. The largest absolute Gasteiger partial charge is 0.491 e. The first-order chi connectivity index (χ1) is 12.6. The Bertz CT molecular complexity index is 765. The van der Waals surface area contributed by atoms with Gasteiger partial charge in [-0.1, -0.05) is 18.2 Å². The maximum atomic E-state index is 11.9. The van der Waals surface area contributed by atoms with E-state index in [9.17, 15) is 9.90 Å². The molecule has 2 aromatic carbocycles. The lowest BCUT2D eigenvalue weighted by Gasteiger charge is -2.14. The van der Waals surface area contributed by atoms with E-state index in [-0.39, 0.29) is 25.9 Å². The minimum atomic E-state index is -0.814. The second-order valence-electron chi connectivity index (χ2n) is 5.98. The molecule has 3 rings (SSSR count). The van der Waals surface area contributed by atoms with E-state index >= 15 is 0 Å². The van der Waals surface area contributed by atoms with Gasteiger partial charge in [0.25, 0.3) is 0 Å². The van der Waals surface area contributed by atoms with Gasteiger partial charge in [-0.2, -0.15) is 0 Å². The molecule has 0 spiro atoms. The molecule has 4 N–H and O–H groups in total. The molecule has 0 saturated carbocycles. The maximum Gasteiger partial charge on any atom is 0.231 e. The minimum Gasteiger partial charge on any atom is -0.491 e. The molecule has 1 atom stereocenters. The molecule has 1 heterocycles. The Hall–Kier alpha value is -2.93. The average Bonchev–Trinajstić information content (AvgIpc) is 3.12. The molecule has 0 aromatic heterocycles. The summed E-state index contributed by atoms with van der Waals surface area (Å²) in [4.78, 5) is 11.9. The first kappa shape index (κ1) is 17.9.